The van der Waals surface area contributed by atoms with Gasteiger partial charge in [-0.25, -0.2) is 0 Å². The van der Waals surface area contributed by atoms with E-state index < -0.39 is 0 Å². The van der Waals surface area contributed by atoms with Gasteiger partial charge < -0.3 is 4.74 Å². The fraction of sp³-hybridized carbons (Fsp3) is 0.500. The average Bonchev–Trinajstić information content (AvgIpc) is 2.51. The Morgan fingerprint density at radius 3 is 2.15 bits per heavy atom. The van der Waals surface area contributed by atoms with Crippen molar-refractivity contribution in [1.82, 2.24) is 0 Å². The number of hydrogen-bond donors (Lipinski definition) is 0. The third-order valence-electron chi connectivity index (χ3n) is 2.87. The summed E-state index contributed by atoms with van der Waals surface area (Å²) in [4.78, 5) is 9.76. The first-order valence-electron chi connectivity index (χ1n) is 7.42. The number of carbonyl (C=O) groups excluding carboxylic acids is 1. The summed E-state index contributed by atoms with van der Waals surface area (Å²) in [6.45, 7) is 3.34. The van der Waals surface area contributed by atoms with Crippen molar-refractivity contribution in [1.29, 1.82) is 0 Å². The summed E-state index contributed by atoms with van der Waals surface area (Å²) in [6.07, 6.45) is 13.9. The molecule has 0 N–H and O–H groups in total. The fourth-order valence-electron chi connectivity index (χ4n) is 1.72. The van der Waals surface area contributed by atoms with Crippen molar-refractivity contribution in [3.8, 4) is 12.3 Å². The third-order valence-corrected chi connectivity index (χ3v) is 2.87. The van der Waals surface area contributed by atoms with Gasteiger partial charge in [-0.15, -0.1) is 6.42 Å². The quantitative estimate of drug-likeness (QED) is 0.374. The molecule has 0 bridgehead atoms. The van der Waals surface area contributed by atoms with Crippen molar-refractivity contribution < 1.29 is 9.53 Å². The minimum atomic E-state index is 0.525. The Bertz CT molecular complexity index is 351. The van der Waals surface area contributed by atoms with E-state index in [-0.39, 0.29) is 0 Å². The third kappa shape index (κ3) is 12.7. The summed E-state index contributed by atoms with van der Waals surface area (Å²) in [7, 11) is 0. The van der Waals surface area contributed by atoms with Crippen LogP contribution in [0.2, 0.25) is 0 Å². The fourth-order valence-corrected chi connectivity index (χ4v) is 1.72. The van der Waals surface area contributed by atoms with Gasteiger partial charge in [0.2, 0.25) is 0 Å². The first kappa shape index (κ1) is 18.2. The molecule has 0 aliphatic rings. The molecule has 0 fully saturated rings. The van der Waals surface area contributed by atoms with E-state index >= 15 is 0 Å². The Morgan fingerprint density at radius 2 is 1.65 bits per heavy atom. The number of hydrogen-bond acceptors (Lipinski definition) is 2. The van der Waals surface area contributed by atoms with E-state index in [9.17, 15) is 4.79 Å². The van der Waals surface area contributed by atoms with Crippen molar-refractivity contribution in [2.75, 3.05) is 6.61 Å². The van der Waals surface area contributed by atoms with E-state index in [2.05, 4.69) is 17.6 Å². The molecule has 0 saturated heterocycles. The topological polar surface area (TPSA) is 26.3 Å². The molecule has 0 atom stereocenters. The summed E-state index contributed by atoms with van der Waals surface area (Å²) < 4.78 is 4.58. The second-order valence-corrected chi connectivity index (χ2v) is 4.60. The first-order valence-corrected chi connectivity index (χ1v) is 7.42. The second kappa shape index (κ2) is 15.3. The molecule has 0 aliphatic carbocycles. The Hall–Kier alpha value is -1.75. The summed E-state index contributed by atoms with van der Waals surface area (Å²) >= 11 is 0. The average molecular weight is 274 g/mol. The molecule has 1 aromatic carbocycles. The lowest BCUT2D eigenvalue weighted by atomic mass is 10.1. The Balaban J connectivity index is 0.000000388. The Kier molecular flexibility index (Phi) is 14.0. The summed E-state index contributed by atoms with van der Waals surface area (Å²) in [5.41, 5.74) is 0.938. The van der Waals surface area contributed by atoms with Gasteiger partial charge in [-0.2, -0.15) is 0 Å². The number of ether oxygens (including phenoxy) is 1. The lowest BCUT2D eigenvalue weighted by molar-refractivity contribution is -0.128. The zero-order chi connectivity index (χ0) is 14.9. The molecule has 20 heavy (non-hydrogen) atoms. The molecule has 0 spiro atoms. The molecule has 110 valence electrons. The highest BCUT2D eigenvalue weighted by Crippen LogP contribution is 2.06. The largest absolute Gasteiger partial charge is 0.468 e. The molecular formula is C18H26O2. The minimum absolute atomic E-state index is 0.525. The van der Waals surface area contributed by atoms with E-state index in [1.165, 1.54) is 38.5 Å². The van der Waals surface area contributed by atoms with Crippen molar-refractivity contribution in [2.45, 2.75) is 51.9 Å². The molecule has 0 radical (unpaired) electrons. The molecule has 0 unspecified atom stereocenters. The summed E-state index contributed by atoms with van der Waals surface area (Å²) in [6, 6.07) is 9.60. The number of rotatable bonds is 9. The van der Waals surface area contributed by atoms with E-state index in [0.717, 1.165) is 12.0 Å². The molecule has 0 aliphatic heterocycles. The van der Waals surface area contributed by atoms with Crippen molar-refractivity contribution in [3.05, 3.63) is 35.9 Å². The number of benzene rings is 1. The highest BCUT2D eigenvalue weighted by molar-refractivity contribution is 5.36. The highest BCUT2D eigenvalue weighted by Gasteiger charge is 1.90. The highest BCUT2D eigenvalue weighted by atomic mass is 16.5. The molecule has 2 heteroatoms. The van der Waals surface area contributed by atoms with Crippen LogP contribution in [0.4, 0.5) is 0 Å². The molecule has 0 saturated carbocycles. The Labute approximate surface area is 123 Å². The monoisotopic (exact) mass is 274 g/mol. The van der Waals surface area contributed by atoms with Crippen LogP contribution in [0.5, 0.6) is 0 Å². The first-order chi connectivity index (χ1) is 9.85. The van der Waals surface area contributed by atoms with Crippen LogP contribution in [0.1, 0.15) is 57.4 Å². The normalized spacial score (nSPS) is 9.00. The van der Waals surface area contributed by atoms with E-state index in [1.54, 1.807) is 0 Å². The van der Waals surface area contributed by atoms with Crippen LogP contribution >= 0.6 is 0 Å². The molecule has 2 nitrogen and oxygen atoms in total. The van der Waals surface area contributed by atoms with Crippen LogP contribution in [0.3, 0.4) is 0 Å². The molecule has 0 aromatic heterocycles. The zero-order valence-electron chi connectivity index (χ0n) is 12.5. The lowest BCUT2D eigenvalue weighted by Crippen LogP contribution is -1.91. The van der Waals surface area contributed by atoms with Crippen molar-refractivity contribution in [3.63, 3.8) is 0 Å². The van der Waals surface area contributed by atoms with Crippen molar-refractivity contribution >= 4 is 6.47 Å². The number of carbonyl (C=O) groups is 1. The van der Waals surface area contributed by atoms with Crippen LogP contribution in [-0.2, 0) is 9.53 Å². The summed E-state index contributed by atoms with van der Waals surface area (Å²) in [5.74, 6) is 2.53. The van der Waals surface area contributed by atoms with Crippen LogP contribution in [0.25, 0.3) is 0 Å². The van der Waals surface area contributed by atoms with Gasteiger partial charge in [-0.05, 0) is 18.6 Å². The zero-order valence-corrected chi connectivity index (χ0v) is 12.5. The van der Waals surface area contributed by atoms with Gasteiger partial charge in [0.25, 0.3) is 6.47 Å². The van der Waals surface area contributed by atoms with E-state index in [0.29, 0.717) is 13.1 Å². The van der Waals surface area contributed by atoms with Gasteiger partial charge >= 0.3 is 0 Å². The van der Waals surface area contributed by atoms with Crippen LogP contribution in [0, 0.1) is 12.3 Å². The summed E-state index contributed by atoms with van der Waals surface area (Å²) in [5, 5.41) is 0. The van der Waals surface area contributed by atoms with Gasteiger partial charge in [0, 0.05) is 5.56 Å². The maximum Gasteiger partial charge on any atom is 0.293 e. The maximum absolute atomic E-state index is 9.76. The van der Waals surface area contributed by atoms with Gasteiger partial charge in [0.1, 0.15) is 0 Å². The molecule has 1 rings (SSSR count). The Morgan fingerprint density at radius 1 is 1.05 bits per heavy atom. The van der Waals surface area contributed by atoms with Crippen LogP contribution in [-0.4, -0.2) is 13.1 Å². The van der Waals surface area contributed by atoms with Gasteiger partial charge in [-0.1, -0.05) is 69.6 Å². The van der Waals surface area contributed by atoms with E-state index in [4.69, 9.17) is 6.42 Å². The van der Waals surface area contributed by atoms with Crippen LogP contribution in [0.15, 0.2) is 30.3 Å². The predicted molar refractivity (Wildman–Crippen MR) is 84.4 cm³/mol. The molecule has 1 aromatic rings. The number of terminal acetylenes is 1. The maximum atomic E-state index is 9.76. The van der Waals surface area contributed by atoms with Gasteiger partial charge in [-0.3, -0.25) is 4.79 Å². The van der Waals surface area contributed by atoms with E-state index in [1.807, 2.05) is 30.3 Å². The number of unbranched alkanes of at least 4 members (excludes halogenated alkanes) is 6. The molecular weight excluding hydrogens is 248 g/mol. The van der Waals surface area contributed by atoms with Gasteiger partial charge in [0.05, 0.1) is 6.61 Å². The molecule has 0 amide bonds. The minimum Gasteiger partial charge on any atom is -0.468 e. The smallest absolute Gasteiger partial charge is 0.293 e. The second-order valence-electron chi connectivity index (χ2n) is 4.60. The molecule has 0 heterocycles. The van der Waals surface area contributed by atoms with Gasteiger partial charge in [0.15, 0.2) is 0 Å². The van der Waals surface area contributed by atoms with Crippen molar-refractivity contribution in [2.24, 2.45) is 0 Å². The standard InChI is InChI=1S/C10H20O2.C8H6/c1-2-3-4-5-6-7-8-9-12-10-11;1-2-8-6-4-3-5-7-8/h10H,2-9H2,1H3;1,3-7H. The van der Waals surface area contributed by atoms with Crippen LogP contribution < -0.4 is 0 Å². The predicted octanol–water partition coefficient (Wildman–Crippen LogP) is 4.58. The SMILES string of the molecule is C#Cc1ccccc1.CCCCCCCCCOC=O. The lowest BCUT2D eigenvalue weighted by Gasteiger charge is -1.99.